The first kappa shape index (κ1) is 14.4. The van der Waals surface area contributed by atoms with Gasteiger partial charge in [-0.3, -0.25) is 9.80 Å². The summed E-state index contributed by atoms with van der Waals surface area (Å²) >= 11 is 3.52. The Hall–Kier alpha value is -0.490. The van der Waals surface area contributed by atoms with E-state index in [1.165, 1.54) is 12.5 Å². The predicted octanol–water partition coefficient (Wildman–Crippen LogP) is 2.07. The number of nitrogens with zero attached hydrogens (tertiary/aromatic N) is 2. The number of rotatable bonds is 3. The van der Waals surface area contributed by atoms with Gasteiger partial charge in [-0.05, 0) is 30.2 Å². The largest absolute Gasteiger partial charge is 0.314 e. The summed E-state index contributed by atoms with van der Waals surface area (Å²) in [7, 11) is 0. The molecular weight excluding hydrogens is 321 g/mol. The van der Waals surface area contributed by atoms with Crippen LogP contribution in [0.4, 0.5) is 4.39 Å². The summed E-state index contributed by atoms with van der Waals surface area (Å²) in [4.78, 5) is 5.03. The van der Waals surface area contributed by atoms with Crippen LogP contribution < -0.4 is 5.32 Å². The van der Waals surface area contributed by atoms with Crippen LogP contribution in [0.2, 0.25) is 0 Å². The van der Waals surface area contributed by atoms with E-state index in [1.54, 1.807) is 12.1 Å². The summed E-state index contributed by atoms with van der Waals surface area (Å²) in [6, 6.07) is 5.61. The minimum Gasteiger partial charge on any atom is -0.314 e. The van der Waals surface area contributed by atoms with E-state index < -0.39 is 0 Å². The topological polar surface area (TPSA) is 18.5 Å². The number of hydrogen-bond donors (Lipinski definition) is 1. The molecule has 2 aliphatic heterocycles. The highest BCUT2D eigenvalue weighted by Gasteiger charge is 2.28. The second kappa shape index (κ2) is 6.52. The van der Waals surface area contributed by atoms with Gasteiger partial charge in [0.15, 0.2) is 0 Å². The van der Waals surface area contributed by atoms with E-state index in [2.05, 4.69) is 31.0 Å². The first-order chi connectivity index (χ1) is 9.72. The Morgan fingerprint density at radius 1 is 1.25 bits per heavy atom. The second-order valence-electron chi connectivity index (χ2n) is 5.70. The standard InChI is InChI=1S/C15H21BrFN3/c16-15-2-1-13(17)9-12(15)10-19-6-3-14(11-19)20-7-4-18-5-8-20/h1-2,9,14,18H,3-8,10-11H2. The molecule has 0 aromatic heterocycles. The fourth-order valence-electron chi connectivity index (χ4n) is 3.21. The van der Waals surface area contributed by atoms with Gasteiger partial charge in [0.2, 0.25) is 0 Å². The van der Waals surface area contributed by atoms with Gasteiger partial charge in [0.25, 0.3) is 0 Å². The normalized spacial score (nSPS) is 25.2. The molecular formula is C15H21BrFN3. The van der Waals surface area contributed by atoms with Gasteiger partial charge in [-0.25, -0.2) is 4.39 Å². The summed E-state index contributed by atoms with van der Waals surface area (Å²) in [5.74, 6) is -0.152. The third kappa shape index (κ3) is 3.39. The molecule has 0 saturated carbocycles. The molecule has 20 heavy (non-hydrogen) atoms. The van der Waals surface area contributed by atoms with Crippen molar-refractivity contribution >= 4 is 15.9 Å². The summed E-state index contributed by atoms with van der Waals surface area (Å²) in [6.07, 6.45) is 1.23. The van der Waals surface area contributed by atoms with Gasteiger partial charge in [-0.2, -0.15) is 0 Å². The molecule has 2 saturated heterocycles. The van der Waals surface area contributed by atoms with Crippen LogP contribution in [0.3, 0.4) is 0 Å². The molecule has 1 aromatic rings. The molecule has 110 valence electrons. The zero-order chi connectivity index (χ0) is 13.9. The van der Waals surface area contributed by atoms with Gasteiger partial charge in [0.05, 0.1) is 0 Å². The molecule has 0 spiro atoms. The van der Waals surface area contributed by atoms with E-state index in [9.17, 15) is 4.39 Å². The van der Waals surface area contributed by atoms with Crippen LogP contribution in [0.5, 0.6) is 0 Å². The van der Waals surface area contributed by atoms with Crippen molar-refractivity contribution in [2.45, 2.75) is 19.0 Å². The van der Waals surface area contributed by atoms with Crippen LogP contribution in [-0.4, -0.2) is 55.1 Å². The Morgan fingerprint density at radius 2 is 2.05 bits per heavy atom. The molecule has 0 radical (unpaired) electrons. The van der Waals surface area contributed by atoms with Crippen LogP contribution in [0.15, 0.2) is 22.7 Å². The summed E-state index contributed by atoms with van der Waals surface area (Å²) in [6.45, 7) is 7.56. The summed E-state index contributed by atoms with van der Waals surface area (Å²) in [5.41, 5.74) is 1.05. The highest BCUT2D eigenvalue weighted by atomic mass is 79.9. The SMILES string of the molecule is Fc1ccc(Br)c(CN2CCC(N3CCNCC3)C2)c1. The van der Waals surface area contributed by atoms with Crippen molar-refractivity contribution in [3.05, 3.63) is 34.1 Å². The van der Waals surface area contributed by atoms with Gasteiger partial charge >= 0.3 is 0 Å². The fourth-order valence-corrected chi connectivity index (χ4v) is 3.58. The molecule has 1 atom stereocenters. The molecule has 2 aliphatic rings. The van der Waals surface area contributed by atoms with Crippen molar-refractivity contribution < 1.29 is 4.39 Å². The molecule has 3 rings (SSSR count). The number of benzene rings is 1. The van der Waals surface area contributed by atoms with Crippen LogP contribution >= 0.6 is 15.9 Å². The number of hydrogen-bond acceptors (Lipinski definition) is 3. The predicted molar refractivity (Wildman–Crippen MR) is 82.2 cm³/mol. The van der Waals surface area contributed by atoms with Crippen LogP contribution in [0.1, 0.15) is 12.0 Å². The van der Waals surface area contributed by atoms with E-state index in [1.807, 2.05) is 0 Å². The Labute approximate surface area is 128 Å². The lowest BCUT2D eigenvalue weighted by molar-refractivity contribution is 0.170. The molecule has 1 N–H and O–H groups in total. The van der Waals surface area contributed by atoms with Gasteiger partial charge in [0.1, 0.15) is 5.82 Å². The van der Waals surface area contributed by atoms with Crippen molar-refractivity contribution in [3.63, 3.8) is 0 Å². The third-order valence-corrected chi connectivity index (χ3v) is 5.09. The summed E-state index contributed by atoms with van der Waals surface area (Å²) in [5, 5.41) is 3.40. The second-order valence-corrected chi connectivity index (χ2v) is 6.55. The molecule has 2 heterocycles. The molecule has 2 fully saturated rings. The zero-order valence-corrected chi connectivity index (χ0v) is 13.2. The molecule has 0 bridgehead atoms. The fraction of sp³-hybridized carbons (Fsp3) is 0.600. The van der Waals surface area contributed by atoms with Gasteiger partial charge in [-0.15, -0.1) is 0 Å². The summed E-state index contributed by atoms with van der Waals surface area (Å²) < 4.78 is 14.3. The van der Waals surface area contributed by atoms with Gasteiger partial charge in [-0.1, -0.05) is 15.9 Å². The molecule has 5 heteroatoms. The Morgan fingerprint density at radius 3 is 2.85 bits per heavy atom. The molecule has 1 unspecified atom stereocenters. The maximum atomic E-state index is 13.3. The van der Waals surface area contributed by atoms with Crippen LogP contribution in [0.25, 0.3) is 0 Å². The number of piperazine rings is 1. The molecule has 0 aliphatic carbocycles. The van der Waals surface area contributed by atoms with Crippen molar-refractivity contribution in [1.29, 1.82) is 0 Å². The number of halogens is 2. The van der Waals surface area contributed by atoms with Gasteiger partial charge in [0, 0.05) is 56.3 Å². The Balaban J connectivity index is 1.58. The average molecular weight is 342 g/mol. The highest BCUT2D eigenvalue weighted by Crippen LogP contribution is 2.23. The molecule has 0 amide bonds. The monoisotopic (exact) mass is 341 g/mol. The van der Waals surface area contributed by atoms with Crippen molar-refractivity contribution in [3.8, 4) is 0 Å². The minimum atomic E-state index is -0.152. The first-order valence-electron chi connectivity index (χ1n) is 7.33. The minimum absolute atomic E-state index is 0.152. The lowest BCUT2D eigenvalue weighted by atomic mass is 10.2. The lowest BCUT2D eigenvalue weighted by Gasteiger charge is -2.32. The van der Waals surface area contributed by atoms with E-state index in [4.69, 9.17) is 0 Å². The van der Waals surface area contributed by atoms with Crippen molar-refractivity contribution in [2.75, 3.05) is 39.3 Å². The maximum absolute atomic E-state index is 13.3. The van der Waals surface area contributed by atoms with E-state index >= 15 is 0 Å². The third-order valence-electron chi connectivity index (χ3n) is 4.32. The van der Waals surface area contributed by atoms with Gasteiger partial charge < -0.3 is 5.32 Å². The lowest BCUT2D eigenvalue weighted by Crippen LogP contribution is -2.49. The molecule has 3 nitrogen and oxygen atoms in total. The van der Waals surface area contributed by atoms with E-state index in [-0.39, 0.29) is 5.82 Å². The maximum Gasteiger partial charge on any atom is 0.123 e. The molecule has 1 aromatic carbocycles. The quantitative estimate of drug-likeness (QED) is 0.907. The van der Waals surface area contributed by atoms with Crippen molar-refractivity contribution in [2.24, 2.45) is 0 Å². The Bertz CT molecular complexity index is 462. The number of likely N-dealkylation sites (tertiary alicyclic amines) is 1. The first-order valence-corrected chi connectivity index (χ1v) is 8.13. The van der Waals surface area contributed by atoms with Crippen LogP contribution in [-0.2, 0) is 6.54 Å². The smallest absolute Gasteiger partial charge is 0.123 e. The van der Waals surface area contributed by atoms with Crippen LogP contribution in [0, 0.1) is 5.82 Å². The van der Waals surface area contributed by atoms with Crippen molar-refractivity contribution in [1.82, 2.24) is 15.1 Å². The Kier molecular flexibility index (Phi) is 4.71. The average Bonchev–Trinajstić information content (AvgIpc) is 2.92. The highest BCUT2D eigenvalue weighted by molar-refractivity contribution is 9.10. The van der Waals surface area contributed by atoms with E-state index in [0.29, 0.717) is 6.04 Å². The van der Waals surface area contributed by atoms with E-state index in [0.717, 1.165) is 55.8 Å². The number of nitrogens with one attached hydrogen (secondary N) is 1. The zero-order valence-electron chi connectivity index (χ0n) is 11.6.